The van der Waals surface area contributed by atoms with E-state index >= 15 is 0 Å². The van der Waals surface area contributed by atoms with Gasteiger partial charge in [-0.15, -0.1) is 0 Å². The number of rotatable bonds is 6. The van der Waals surface area contributed by atoms with Crippen LogP contribution in [0.15, 0.2) is 42.7 Å². The summed E-state index contributed by atoms with van der Waals surface area (Å²) >= 11 is 6.29. The maximum atomic E-state index is 13.5. The summed E-state index contributed by atoms with van der Waals surface area (Å²) in [5, 5.41) is 1.73. The molecule has 184 valence electrons. The van der Waals surface area contributed by atoms with Crippen LogP contribution in [0.3, 0.4) is 0 Å². The van der Waals surface area contributed by atoms with E-state index in [4.69, 9.17) is 11.6 Å². The van der Waals surface area contributed by atoms with E-state index < -0.39 is 10.0 Å². The number of amides is 1. The second kappa shape index (κ2) is 8.30. The van der Waals surface area contributed by atoms with Gasteiger partial charge in [-0.05, 0) is 48.7 Å². The fourth-order valence-corrected chi connectivity index (χ4v) is 6.64. The molecule has 1 amide bonds. The first-order valence-corrected chi connectivity index (χ1v) is 14.2. The molecule has 0 bridgehead atoms. The zero-order chi connectivity index (χ0) is 24.4. The molecule has 35 heavy (non-hydrogen) atoms. The van der Waals surface area contributed by atoms with Gasteiger partial charge in [0, 0.05) is 67.1 Å². The molecule has 1 saturated heterocycles. The molecule has 1 saturated carbocycles. The summed E-state index contributed by atoms with van der Waals surface area (Å²) in [6.45, 7) is 4.47. The van der Waals surface area contributed by atoms with Crippen LogP contribution >= 0.6 is 11.6 Å². The molecule has 2 aliphatic heterocycles. The van der Waals surface area contributed by atoms with E-state index in [9.17, 15) is 13.2 Å². The van der Waals surface area contributed by atoms with Crippen LogP contribution < -0.4 is 4.90 Å². The lowest BCUT2D eigenvalue weighted by atomic mass is 9.99. The van der Waals surface area contributed by atoms with Crippen LogP contribution in [-0.4, -0.2) is 72.1 Å². The lowest BCUT2D eigenvalue weighted by molar-refractivity contribution is -0.120. The van der Waals surface area contributed by atoms with Crippen molar-refractivity contribution in [1.29, 1.82) is 0 Å². The number of aromatic nitrogens is 2. The van der Waals surface area contributed by atoms with Crippen LogP contribution in [-0.2, 0) is 33.3 Å². The van der Waals surface area contributed by atoms with Crippen molar-refractivity contribution in [2.24, 2.45) is 0 Å². The molecule has 6 rings (SSSR count). The lowest BCUT2D eigenvalue weighted by Crippen LogP contribution is -2.48. The average molecular weight is 514 g/mol. The SMILES string of the molecule is CS(=O)(=O)N1CCN(CCn2c(CN3C(=O)C4(CC4)c4ccncc43)cc3cc(Cl)ccc32)CC1. The number of benzene rings is 1. The Bertz CT molecular complexity index is 1420. The molecular weight excluding hydrogens is 486 g/mol. The quantitative estimate of drug-likeness (QED) is 0.506. The normalized spacial score (nSPS) is 20.2. The zero-order valence-electron chi connectivity index (χ0n) is 19.7. The highest BCUT2D eigenvalue weighted by Crippen LogP contribution is 2.57. The minimum absolute atomic E-state index is 0.173. The first-order valence-electron chi connectivity index (χ1n) is 12.0. The Kier molecular flexibility index (Phi) is 5.45. The molecule has 1 aromatic carbocycles. The molecular formula is C25H28ClN5O3S. The highest BCUT2D eigenvalue weighted by molar-refractivity contribution is 7.88. The van der Waals surface area contributed by atoms with E-state index in [-0.39, 0.29) is 11.3 Å². The Morgan fingerprint density at radius 3 is 2.54 bits per heavy atom. The summed E-state index contributed by atoms with van der Waals surface area (Å²) < 4.78 is 27.5. The van der Waals surface area contributed by atoms with Crippen LogP contribution in [0.25, 0.3) is 10.9 Å². The van der Waals surface area contributed by atoms with Gasteiger partial charge in [0.1, 0.15) is 0 Å². The molecule has 8 nitrogen and oxygen atoms in total. The highest BCUT2D eigenvalue weighted by Gasteiger charge is 2.59. The third-order valence-electron chi connectivity index (χ3n) is 7.72. The van der Waals surface area contributed by atoms with Crippen LogP contribution in [0, 0.1) is 0 Å². The van der Waals surface area contributed by atoms with E-state index in [0.29, 0.717) is 37.7 Å². The van der Waals surface area contributed by atoms with E-state index in [2.05, 4.69) is 20.5 Å². The predicted molar refractivity (Wildman–Crippen MR) is 136 cm³/mol. The van der Waals surface area contributed by atoms with Crippen LogP contribution in [0.5, 0.6) is 0 Å². The Morgan fingerprint density at radius 2 is 1.83 bits per heavy atom. The van der Waals surface area contributed by atoms with Crippen LogP contribution in [0.2, 0.25) is 5.02 Å². The average Bonchev–Trinajstić information content (AvgIpc) is 3.53. The third kappa shape index (κ3) is 3.94. The number of carbonyl (C=O) groups is 1. The van der Waals surface area contributed by atoms with Gasteiger partial charge in [-0.2, -0.15) is 4.31 Å². The summed E-state index contributed by atoms with van der Waals surface area (Å²) in [6, 6.07) is 10.0. The van der Waals surface area contributed by atoms with E-state index in [0.717, 1.165) is 53.8 Å². The number of anilines is 1. The van der Waals surface area contributed by atoms with Gasteiger partial charge in [-0.1, -0.05) is 11.6 Å². The zero-order valence-corrected chi connectivity index (χ0v) is 21.2. The van der Waals surface area contributed by atoms with Gasteiger partial charge < -0.3 is 9.47 Å². The number of piperazine rings is 1. The molecule has 0 radical (unpaired) electrons. The van der Waals surface area contributed by atoms with E-state index in [1.54, 1.807) is 10.5 Å². The molecule has 2 fully saturated rings. The number of sulfonamides is 1. The van der Waals surface area contributed by atoms with Gasteiger partial charge in [0.25, 0.3) is 0 Å². The minimum Gasteiger partial charge on any atom is -0.342 e. The molecule has 0 unspecified atom stereocenters. The van der Waals surface area contributed by atoms with Gasteiger partial charge in [0.05, 0.1) is 30.1 Å². The summed E-state index contributed by atoms with van der Waals surface area (Å²) in [6.07, 6.45) is 6.66. The topological polar surface area (TPSA) is 78.8 Å². The first kappa shape index (κ1) is 23.0. The lowest BCUT2D eigenvalue weighted by Gasteiger charge is -2.33. The Morgan fingerprint density at radius 1 is 1.06 bits per heavy atom. The highest BCUT2D eigenvalue weighted by atomic mass is 35.5. The predicted octanol–water partition coefficient (Wildman–Crippen LogP) is 2.85. The molecule has 0 N–H and O–H groups in total. The van der Waals surface area contributed by atoms with Crippen molar-refractivity contribution < 1.29 is 13.2 Å². The number of halogens is 1. The smallest absolute Gasteiger partial charge is 0.238 e. The second-order valence-electron chi connectivity index (χ2n) is 9.86. The standard InChI is InChI=1S/C25H28ClN5O3S/c1-35(33,34)29-11-8-28(9-12-29)10-13-30-20(15-18-14-19(26)2-3-22(18)30)17-31-23-16-27-7-4-21(23)25(5-6-25)24(31)32/h2-4,7,14-16H,5-6,8-13,17H2,1H3. The monoisotopic (exact) mass is 513 g/mol. The Hall–Kier alpha value is -2.46. The first-order chi connectivity index (χ1) is 16.8. The molecule has 1 spiro atoms. The summed E-state index contributed by atoms with van der Waals surface area (Å²) in [5.74, 6) is 0.173. The largest absolute Gasteiger partial charge is 0.342 e. The number of hydrogen-bond donors (Lipinski definition) is 0. The number of carbonyl (C=O) groups excluding carboxylic acids is 1. The summed E-state index contributed by atoms with van der Waals surface area (Å²) in [7, 11) is -3.15. The number of hydrogen-bond acceptors (Lipinski definition) is 5. The van der Waals surface area contributed by atoms with Crippen LogP contribution in [0.1, 0.15) is 24.1 Å². The van der Waals surface area contributed by atoms with Gasteiger partial charge in [-0.3, -0.25) is 14.7 Å². The number of fused-ring (bicyclic) bond motifs is 3. The molecule has 3 aliphatic rings. The summed E-state index contributed by atoms with van der Waals surface area (Å²) in [5.41, 5.74) is 3.81. The van der Waals surface area contributed by atoms with Crippen molar-refractivity contribution in [3.8, 4) is 0 Å². The van der Waals surface area contributed by atoms with Gasteiger partial charge in [0.15, 0.2) is 0 Å². The number of nitrogens with zero attached hydrogens (tertiary/aromatic N) is 5. The molecule has 4 heterocycles. The molecule has 10 heteroatoms. The minimum atomic E-state index is -3.15. The van der Waals surface area contributed by atoms with Crippen molar-refractivity contribution in [2.45, 2.75) is 31.3 Å². The second-order valence-corrected chi connectivity index (χ2v) is 12.3. The third-order valence-corrected chi connectivity index (χ3v) is 9.26. The van der Waals surface area contributed by atoms with Crippen molar-refractivity contribution >= 4 is 44.1 Å². The van der Waals surface area contributed by atoms with Crippen molar-refractivity contribution in [3.63, 3.8) is 0 Å². The molecule has 3 aromatic rings. The molecule has 1 aliphatic carbocycles. The van der Waals surface area contributed by atoms with E-state index in [1.807, 2.05) is 35.4 Å². The van der Waals surface area contributed by atoms with Crippen molar-refractivity contribution in [3.05, 3.63) is 59.0 Å². The van der Waals surface area contributed by atoms with Gasteiger partial charge in [-0.25, -0.2) is 8.42 Å². The van der Waals surface area contributed by atoms with Crippen LogP contribution in [0.4, 0.5) is 5.69 Å². The Balaban J connectivity index is 1.27. The van der Waals surface area contributed by atoms with Crippen molar-refractivity contribution in [2.75, 3.05) is 43.9 Å². The number of pyridine rings is 1. The molecule has 2 aromatic heterocycles. The Labute approximate surface area is 210 Å². The van der Waals surface area contributed by atoms with E-state index in [1.165, 1.54) is 6.26 Å². The maximum absolute atomic E-state index is 13.5. The van der Waals surface area contributed by atoms with Gasteiger partial charge >= 0.3 is 0 Å². The fraction of sp³-hybridized carbons (Fsp3) is 0.440. The summed E-state index contributed by atoms with van der Waals surface area (Å²) in [4.78, 5) is 21.9. The van der Waals surface area contributed by atoms with Gasteiger partial charge in [0.2, 0.25) is 15.9 Å². The molecule has 0 atom stereocenters. The maximum Gasteiger partial charge on any atom is 0.238 e. The fourth-order valence-electron chi connectivity index (χ4n) is 5.64. The van der Waals surface area contributed by atoms with Crippen molar-refractivity contribution in [1.82, 2.24) is 18.8 Å².